The summed E-state index contributed by atoms with van der Waals surface area (Å²) in [6.45, 7) is 7.43. The SMILES string of the molecule is Cc1ccc([C@H]2S[C@H](C)C(=O)N2CC(=O)N2CCN(C)CC2)cc1. The van der Waals surface area contributed by atoms with E-state index in [-0.39, 0.29) is 29.0 Å². The van der Waals surface area contributed by atoms with Crippen LogP contribution in [0.15, 0.2) is 24.3 Å². The third-order valence-electron chi connectivity index (χ3n) is 4.77. The number of carbonyl (C=O) groups excluding carboxylic acids is 2. The van der Waals surface area contributed by atoms with Crippen molar-refractivity contribution in [3.8, 4) is 0 Å². The van der Waals surface area contributed by atoms with Gasteiger partial charge in [-0.05, 0) is 26.5 Å². The fraction of sp³-hybridized carbons (Fsp3) is 0.556. The molecule has 6 heteroatoms. The molecule has 0 saturated carbocycles. The largest absolute Gasteiger partial charge is 0.339 e. The van der Waals surface area contributed by atoms with Gasteiger partial charge in [-0.25, -0.2) is 0 Å². The first kappa shape index (κ1) is 17.3. The molecule has 0 aromatic heterocycles. The van der Waals surface area contributed by atoms with Crippen molar-refractivity contribution in [2.24, 2.45) is 0 Å². The summed E-state index contributed by atoms with van der Waals surface area (Å²) in [6, 6.07) is 8.24. The van der Waals surface area contributed by atoms with Crippen molar-refractivity contribution in [3.05, 3.63) is 35.4 Å². The highest BCUT2D eigenvalue weighted by atomic mass is 32.2. The van der Waals surface area contributed by atoms with Crippen LogP contribution in [0.1, 0.15) is 23.4 Å². The van der Waals surface area contributed by atoms with E-state index in [9.17, 15) is 9.59 Å². The highest BCUT2D eigenvalue weighted by Crippen LogP contribution is 2.42. The summed E-state index contributed by atoms with van der Waals surface area (Å²) >= 11 is 1.63. The Morgan fingerprint density at radius 3 is 2.42 bits per heavy atom. The molecule has 130 valence electrons. The van der Waals surface area contributed by atoms with Gasteiger partial charge in [0, 0.05) is 26.2 Å². The Labute approximate surface area is 148 Å². The molecule has 5 nitrogen and oxygen atoms in total. The molecular formula is C18H25N3O2S. The molecule has 2 atom stereocenters. The highest BCUT2D eigenvalue weighted by Gasteiger charge is 2.40. The zero-order chi connectivity index (χ0) is 17.3. The van der Waals surface area contributed by atoms with Crippen LogP contribution in [0.2, 0.25) is 0 Å². The molecule has 2 saturated heterocycles. The van der Waals surface area contributed by atoms with Gasteiger partial charge >= 0.3 is 0 Å². The van der Waals surface area contributed by atoms with Crippen LogP contribution in [0.4, 0.5) is 0 Å². The van der Waals surface area contributed by atoms with E-state index < -0.39 is 0 Å². The molecule has 24 heavy (non-hydrogen) atoms. The second kappa shape index (κ2) is 7.15. The normalized spacial score (nSPS) is 25.4. The van der Waals surface area contributed by atoms with Gasteiger partial charge < -0.3 is 14.7 Å². The number of hydrogen-bond donors (Lipinski definition) is 0. The number of amides is 2. The first-order chi connectivity index (χ1) is 11.5. The maximum Gasteiger partial charge on any atom is 0.242 e. The molecule has 2 fully saturated rings. The molecule has 2 heterocycles. The van der Waals surface area contributed by atoms with Gasteiger partial charge in [0.25, 0.3) is 0 Å². The molecule has 0 spiro atoms. The van der Waals surface area contributed by atoms with E-state index in [0.29, 0.717) is 0 Å². The van der Waals surface area contributed by atoms with Gasteiger partial charge in [0.2, 0.25) is 11.8 Å². The summed E-state index contributed by atoms with van der Waals surface area (Å²) < 4.78 is 0. The quantitative estimate of drug-likeness (QED) is 0.835. The van der Waals surface area contributed by atoms with Crippen molar-refractivity contribution < 1.29 is 9.59 Å². The fourth-order valence-electron chi connectivity index (χ4n) is 3.13. The van der Waals surface area contributed by atoms with Gasteiger partial charge in [-0.1, -0.05) is 29.8 Å². The number of carbonyl (C=O) groups is 2. The minimum absolute atomic E-state index is 0.0586. The zero-order valence-electron chi connectivity index (χ0n) is 14.6. The second-order valence-electron chi connectivity index (χ2n) is 6.69. The summed E-state index contributed by atoms with van der Waals surface area (Å²) in [5.74, 6) is 0.122. The van der Waals surface area contributed by atoms with Crippen LogP contribution < -0.4 is 0 Å². The maximum atomic E-state index is 12.6. The Morgan fingerprint density at radius 2 is 1.79 bits per heavy atom. The van der Waals surface area contributed by atoms with Gasteiger partial charge in [0.05, 0.1) is 5.25 Å². The Morgan fingerprint density at radius 1 is 1.17 bits per heavy atom. The third-order valence-corrected chi connectivity index (χ3v) is 6.17. The molecule has 2 aliphatic heterocycles. The topological polar surface area (TPSA) is 43.9 Å². The maximum absolute atomic E-state index is 12.6. The number of aryl methyl sites for hydroxylation is 1. The summed E-state index contributed by atoms with van der Waals surface area (Å²) in [4.78, 5) is 31.1. The lowest BCUT2D eigenvalue weighted by atomic mass is 10.1. The Kier molecular flexibility index (Phi) is 5.15. The van der Waals surface area contributed by atoms with Crippen LogP contribution in [-0.4, -0.2) is 71.5 Å². The number of piperazine rings is 1. The molecule has 2 aliphatic rings. The number of thioether (sulfide) groups is 1. The lowest BCUT2D eigenvalue weighted by Crippen LogP contribution is -2.50. The van der Waals surface area contributed by atoms with Crippen molar-refractivity contribution in [2.45, 2.75) is 24.5 Å². The van der Waals surface area contributed by atoms with E-state index in [2.05, 4.69) is 36.2 Å². The van der Waals surface area contributed by atoms with E-state index in [1.165, 1.54) is 5.56 Å². The number of rotatable bonds is 3. The highest BCUT2D eigenvalue weighted by molar-refractivity contribution is 8.01. The molecule has 0 radical (unpaired) electrons. The fourth-order valence-corrected chi connectivity index (χ4v) is 4.40. The number of benzene rings is 1. The smallest absolute Gasteiger partial charge is 0.242 e. The van der Waals surface area contributed by atoms with E-state index >= 15 is 0 Å². The monoisotopic (exact) mass is 347 g/mol. The number of likely N-dealkylation sites (N-methyl/N-ethyl adjacent to an activating group) is 1. The minimum atomic E-state index is -0.100. The van der Waals surface area contributed by atoms with Crippen LogP contribution in [0.3, 0.4) is 0 Å². The van der Waals surface area contributed by atoms with E-state index in [1.807, 2.05) is 18.7 Å². The minimum Gasteiger partial charge on any atom is -0.339 e. The Bertz CT molecular complexity index is 611. The molecule has 0 unspecified atom stereocenters. The molecule has 3 rings (SSSR count). The number of hydrogen-bond acceptors (Lipinski definition) is 4. The van der Waals surface area contributed by atoms with E-state index in [4.69, 9.17) is 0 Å². The van der Waals surface area contributed by atoms with Gasteiger partial charge in [-0.3, -0.25) is 9.59 Å². The van der Waals surface area contributed by atoms with Crippen molar-refractivity contribution in [1.29, 1.82) is 0 Å². The molecule has 1 aromatic rings. The molecule has 2 amide bonds. The van der Waals surface area contributed by atoms with Crippen LogP contribution >= 0.6 is 11.8 Å². The molecule has 0 bridgehead atoms. The first-order valence-electron chi connectivity index (χ1n) is 8.44. The summed E-state index contributed by atoms with van der Waals surface area (Å²) in [7, 11) is 2.07. The second-order valence-corrected chi connectivity index (χ2v) is 8.12. The van der Waals surface area contributed by atoms with Crippen molar-refractivity contribution >= 4 is 23.6 Å². The predicted molar refractivity (Wildman–Crippen MR) is 96.8 cm³/mol. The van der Waals surface area contributed by atoms with Crippen molar-refractivity contribution in [3.63, 3.8) is 0 Å². The average Bonchev–Trinajstić information content (AvgIpc) is 2.84. The molecular weight excluding hydrogens is 322 g/mol. The third kappa shape index (κ3) is 3.59. The molecule has 0 N–H and O–H groups in total. The van der Waals surface area contributed by atoms with Gasteiger partial charge in [-0.15, -0.1) is 11.8 Å². The van der Waals surface area contributed by atoms with Crippen LogP contribution in [0.25, 0.3) is 0 Å². The molecule has 0 aliphatic carbocycles. The van der Waals surface area contributed by atoms with Crippen molar-refractivity contribution in [2.75, 3.05) is 39.8 Å². The lowest BCUT2D eigenvalue weighted by molar-refractivity contribution is -0.140. The summed E-state index contributed by atoms with van der Waals surface area (Å²) in [5.41, 5.74) is 2.29. The number of nitrogens with zero attached hydrogens (tertiary/aromatic N) is 3. The van der Waals surface area contributed by atoms with Crippen LogP contribution in [-0.2, 0) is 9.59 Å². The van der Waals surface area contributed by atoms with E-state index in [1.54, 1.807) is 16.7 Å². The van der Waals surface area contributed by atoms with Gasteiger partial charge in [0.15, 0.2) is 0 Å². The summed E-state index contributed by atoms with van der Waals surface area (Å²) in [5, 5.41) is -0.166. The van der Waals surface area contributed by atoms with Crippen LogP contribution in [0.5, 0.6) is 0 Å². The van der Waals surface area contributed by atoms with Gasteiger partial charge in [0.1, 0.15) is 11.9 Å². The van der Waals surface area contributed by atoms with Crippen LogP contribution in [0, 0.1) is 6.92 Å². The standard InChI is InChI=1S/C18H25N3O2S/c1-13-4-6-15(7-5-13)18-21(17(23)14(2)24-18)12-16(22)20-10-8-19(3)9-11-20/h4-7,14,18H,8-12H2,1-3H3/t14-,18-/m1/s1. The van der Waals surface area contributed by atoms with E-state index in [0.717, 1.165) is 31.7 Å². The average molecular weight is 347 g/mol. The summed E-state index contributed by atoms with van der Waals surface area (Å²) in [6.07, 6.45) is 0. The van der Waals surface area contributed by atoms with Gasteiger partial charge in [-0.2, -0.15) is 0 Å². The Hall–Kier alpha value is -1.53. The zero-order valence-corrected chi connectivity index (χ0v) is 15.4. The Balaban J connectivity index is 1.72. The molecule has 1 aromatic carbocycles. The van der Waals surface area contributed by atoms with Crippen molar-refractivity contribution in [1.82, 2.24) is 14.7 Å². The first-order valence-corrected chi connectivity index (χ1v) is 9.39. The predicted octanol–water partition coefficient (Wildman–Crippen LogP) is 1.73. The lowest BCUT2D eigenvalue weighted by Gasteiger charge is -2.34.